The van der Waals surface area contributed by atoms with Gasteiger partial charge in [-0.05, 0) is 44.5 Å². The third-order valence-electron chi connectivity index (χ3n) is 5.77. The molecule has 2 heterocycles. The van der Waals surface area contributed by atoms with Crippen molar-refractivity contribution in [3.8, 4) is 5.75 Å². The Morgan fingerprint density at radius 1 is 1.13 bits per heavy atom. The molecule has 2 aromatic rings. The van der Waals surface area contributed by atoms with Gasteiger partial charge in [0, 0.05) is 19.4 Å². The van der Waals surface area contributed by atoms with Gasteiger partial charge in [0.1, 0.15) is 11.4 Å². The molecule has 2 aliphatic rings. The molecule has 2 aliphatic heterocycles. The van der Waals surface area contributed by atoms with Crippen LogP contribution in [0.1, 0.15) is 43.5 Å². The van der Waals surface area contributed by atoms with Gasteiger partial charge in [0.15, 0.2) is 0 Å². The summed E-state index contributed by atoms with van der Waals surface area (Å²) in [6.07, 6.45) is 1.04. The molecule has 1 saturated heterocycles. The van der Waals surface area contributed by atoms with Crippen molar-refractivity contribution in [3.05, 3.63) is 54.1 Å². The van der Waals surface area contributed by atoms with Crippen molar-refractivity contribution in [2.45, 2.75) is 38.8 Å². The van der Waals surface area contributed by atoms with Crippen molar-refractivity contribution in [3.63, 3.8) is 0 Å². The van der Waals surface area contributed by atoms with Gasteiger partial charge >= 0.3 is 0 Å². The van der Waals surface area contributed by atoms with E-state index >= 15 is 0 Å². The molecule has 1 unspecified atom stereocenters. The van der Waals surface area contributed by atoms with Crippen molar-refractivity contribution < 1.29 is 19.1 Å². The van der Waals surface area contributed by atoms with Gasteiger partial charge in [0.05, 0.1) is 23.5 Å². The van der Waals surface area contributed by atoms with Crippen molar-refractivity contribution in [1.82, 2.24) is 4.90 Å². The number of nitrogens with zero attached hydrogens (tertiary/aromatic N) is 2. The number of hydrogen-bond donors (Lipinski definition) is 1. The molecule has 0 radical (unpaired) electrons. The molecule has 0 spiro atoms. The summed E-state index contributed by atoms with van der Waals surface area (Å²) in [6.45, 7) is 4.49. The van der Waals surface area contributed by atoms with Gasteiger partial charge in [-0.25, -0.2) is 0 Å². The minimum Gasteiger partial charge on any atom is -0.492 e. The summed E-state index contributed by atoms with van der Waals surface area (Å²) in [5.74, 6) is 0.239. The number of anilines is 2. The molecule has 3 amide bonds. The van der Waals surface area contributed by atoms with E-state index in [1.54, 1.807) is 34.1 Å². The molecule has 7 nitrogen and oxygen atoms in total. The van der Waals surface area contributed by atoms with Gasteiger partial charge in [-0.2, -0.15) is 0 Å². The van der Waals surface area contributed by atoms with Crippen LogP contribution < -0.4 is 15.0 Å². The Bertz CT molecular complexity index is 1010. The van der Waals surface area contributed by atoms with Gasteiger partial charge in [0.25, 0.3) is 5.91 Å². The average molecular weight is 407 g/mol. The van der Waals surface area contributed by atoms with Crippen molar-refractivity contribution >= 4 is 29.1 Å². The van der Waals surface area contributed by atoms with E-state index in [2.05, 4.69) is 5.32 Å². The standard InChI is InChI=1S/C23H25N3O4/c1-3-30-19-11-7-5-9-17(19)24-20(27)13-15-25-22(29)16-8-4-6-10-18(16)26-21(28)12-14-23(25,26)2/h4-11H,3,12-15H2,1-2H3,(H,24,27). The van der Waals surface area contributed by atoms with Crippen LogP contribution in [0.2, 0.25) is 0 Å². The van der Waals surface area contributed by atoms with Crippen LogP contribution in [0.5, 0.6) is 5.75 Å². The second-order valence-electron chi connectivity index (χ2n) is 7.65. The number of rotatable bonds is 6. The fraction of sp³-hybridized carbons (Fsp3) is 0.348. The molecule has 4 rings (SSSR count). The fourth-order valence-electron chi connectivity index (χ4n) is 4.32. The van der Waals surface area contributed by atoms with Crippen molar-refractivity contribution in [2.24, 2.45) is 0 Å². The lowest BCUT2D eigenvalue weighted by molar-refractivity contribution is -0.117. The van der Waals surface area contributed by atoms with Crippen molar-refractivity contribution in [1.29, 1.82) is 0 Å². The van der Waals surface area contributed by atoms with E-state index in [1.165, 1.54) is 0 Å². The highest BCUT2D eigenvalue weighted by molar-refractivity contribution is 6.10. The molecular formula is C23H25N3O4. The van der Waals surface area contributed by atoms with Crippen molar-refractivity contribution in [2.75, 3.05) is 23.4 Å². The average Bonchev–Trinajstić information content (AvgIpc) is 3.05. The van der Waals surface area contributed by atoms with E-state index < -0.39 is 5.66 Å². The second-order valence-corrected chi connectivity index (χ2v) is 7.65. The minimum atomic E-state index is -0.758. The maximum Gasteiger partial charge on any atom is 0.257 e. The van der Waals surface area contributed by atoms with Crippen LogP contribution in [0.4, 0.5) is 11.4 Å². The topological polar surface area (TPSA) is 79.0 Å². The Hall–Kier alpha value is -3.35. The summed E-state index contributed by atoms with van der Waals surface area (Å²) in [5, 5.41) is 2.87. The van der Waals surface area contributed by atoms with Gasteiger partial charge in [0.2, 0.25) is 11.8 Å². The van der Waals surface area contributed by atoms with Gasteiger partial charge in [-0.3, -0.25) is 19.3 Å². The molecular weight excluding hydrogens is 382 g/mol. The predicted octanol–water partition coefficient (Wildman–Crippen LogP) is 3.41. The summed E-state index contributed by atoms with van der Waals surface area (Å²) in [7, 11) is 0. The van der Waals surface area contributed by atoms with Crippen LogP contribution in [0.15, 0.2) is 48.5 Å². The number of amides is 3. The van der Waals surface area contributed by atoms with Gasteiger partial charge in [-0.15, -0.1) is 0 Å². The Morgan fingerprint density at radius 3 is 2.67 bits per heavy atom. The van der Waals surface area contributed by atoms with E-state index in [-0.39, 0.29) is 30.7 Å². The first kappa shape index (κ1) is 19.9. The second kappa shape index (κ2) is 7.82. The van der Waals surface area contributed by atoms with Crippen LogP contribution in [0, 0.1) is 0 Å². The number of ether oxygens (including phenoxy) is 1. The highest BCUT2D eigenvalue weighted by Crippen LogP contribution is 2.44. The third-order valence-corrected chi connectivity index (χ3v) is 5.77. The largest absolute Gasteiger partial charge is 0.492 e. The number of hydrogen-bond acceptors (Lipinski definition) is 4. The third kappa shape index (κ3) is 3.30. The van der Waals surface area contributed by atoms with E-state index in [4.69, 9.17) is 4.74 Å². The molecule has 0 bridgehead atoms. The lowest BCUT2D eigenvalue weighted by Crippen LogP contribution is -2.62. The summed E-state index contributed by atoms with van der Waals surface area (Å²) in [5.41, 5.74) is 0.987. The van der Waals surface area contributed by atoms with Crippen LogP contribution >= 0.6 is 0 Å². The quantitative estimate of drug-likeness (QED) is 0.796. The minimum absolute atomic E-state index is 0.00227. The summed E-state index contributed by atoms with van der Waals surface area (Å²) < 4.78 is 5.55. The number of para-hydroxylation sites is 3. The first-order valence-electron chi connectivity index (χ1n) is 10.2. The molecule has 1 fully saturated rings. The van der Waals surface area contributed by atoms with Crippen LogP contribution in [0.25, 0.3) is 0 Å². The molecule has 1 N–H and O–H groups in total. The number of benzene rings is 2. The van der Waals surface area contributed by atoms with Crippen LogP contribution in [0.3, 0.4) is 0 Å². The van der Waals surface area contributed by atoms with E-state index in [9.17, 15) is 14.4 Å². The summed E-state index contributed by atoms with van der Waals surface area (Å²) >= 11 is 0. The zero-order valence-corrected chi connectivity index (χ0v) is 17.2. The number of fused-ring (bicyclic) bond motifs is 3. The Morgan fingerprint density at radius 2 is 1.87 bits per heavy atom. The Kier molecular flexibility index (Phi) is 5.20. The lowest BCUT2D eigenvalue weighted by atomic mass is 9.98. The smallest absolute Gasteiger partial charge is 0.257 e. The van der Waals surface area contributed by atoms with Gasteiger partial charge < -0.3 is 15.0 Å². The molecule has 7 heteroatoms. The number of nitrogens with one attached hydrogen (secondary N) is 1. The monoisotopic (exact) mass is 407 g/mol. The van der Waals surface area contributed by atoms with Crippen LogP contribution in [-0.4, -0.2) is 41.4 Å². The first-order valence-corrected chi connectivity index (χ1v) is 10.2. The first-order chi connectivity index (χ1) is 14.5. The molecule has 0 aliphatic carbocycles. The normalized spacial score (nSPS) is 20.1. The Balaban J connectivity index is 1.53. The van der Waals surface area contributed by atoms with E-state index in [1.807, 2.05) is 38.1 Å². The zero-order valence-electron chi connectivity index (χ0n) is 17.2. The highest BCUT2D eigenvalue weighted by Gasteiger charge is 2.52. The summed E-state index contributed by atoms with van der Waals surface area (Å²) in [4.78, 5) is 41.8. The highest BCUT2D eigenvalue weighted by atomic mass is 16.5. The van der Waals surface area contributed by atoms with E-state index in [0.29, 0.717) is 42.1 Å². The predicted molar refractivity (Wildman–Crippen MR) is 113 cm³/mol. The fourth-order valence-corrected chi connectivity index (χ4v) is 4.32. The van der Waals surface area contributed by atoms with Gasteiger partial charge in [-0.1, -0.05) is 24.3 Å². The lowest BCUT2D eigenvalue weighted by Gasteiger charge is -2.48. The van der Waals surface area contributed by atoms with Crippen LogP contribution in [-0.2, 0) is 9.59 Å². The molecule has 0 aromatic heterocycles. The molecule has 156 valence electrons. The summed E-state index contributed by atoms with van der Waals surface area (Å²) in [6, 6.07) is 14.4. The maximum absolute atomic E-state index is 13.2. The molecule has 30 heavy (non-hydrogen) atoms. The number of carbonyl (C=O) groups is 3. The number of carbonyl (C=O) groups excluding carboxylic acids is 3. The molecule has 0 saturated carbocycles. The zero-order chi connectivity index (χ0) is 21.3. The maximum atomic E-state index is 13.2. The molecule has 1 atom stereocenters. The SMILES string of the molecule is CCOc1ccccc1NC(=O)CCN1C(=O)c2ccccc2N2C(=O)CCC12C. The Labute approximate surface area is 175 Å². The molecule has 2 aromatic carbocycles. The van der Waals surface area contributed by atoms with E-state index in [0.717, 1.165) is 0 Å².